The van der Waals surface area contributed by atoms with Crippen LogP contribution in [-0.4, -0.2) is 23.1 Å². The molecule has 1 atom stereocenters. The van der Waals surface area contributed by atoms with E-state index < -0.39 is 16.4 Å². The third-order valence-electron chi connectivity index (χ3n) is 3.39. The molecule has 5 nitrogen and oxygen atoms in total. The summed E-state index contributed by atoms with van der Waals surface area (Å²) >= 11 is 0.891. The Morgan fingerprint density at radius 1 is 1.12 bits per heavy atom. The van der Waals surface area contributed by atoms with Crippen molar-refractivity contribution in [3.8, 4) is 5.75 Å². The van der Waals surface area contributed by atoms with Gasteiger partial charge in [0.15, 0.2) is 5.37 Å². The van der Waals surface area contributed by atoms with Crippen LogP contribution in [0.4, 0.5) is 20.6 Å². The van der Waals surface area contributed by atoms with Crippen molar-refractivity contribution in [2.24, 2.45) is 0 Å². The highest BCUT2D eigenvalue weighted by molar-refractivity contribution is 8.16. The number of nitrogens with one attached hydrogen (secondary N) is 1. The van der Waals surface area contributed by atoms with Crippen molar-refractivity contribution in [3.63, 3.8) is 0 Å². The maximum Gasteiger partial charge on any atom is 0.295 e. The van der Waals surface area contributed by atoms with E-state index >= 15 is 0 Å². The molecule has 124 valence electrons. The van der Waals surface area contributed by atoms with Gasteiger partial charge in [0.2, 0.25) is 0 Å². The van der Waals surface area contributed by atoms with Crippen LogP contribution in [-0.2, 0) is 4.79 Å². The first kappa shape index (κ1) is 16.3. The van der Waals surface area contributed by atoms with E-state index in [1.54, 1.807) is 24.3 Å². The second-order valence-electron chi connectivity index (χ2n) is 5.02. The van der Waals surface area contributed by atoms with E-state index in [0.29, 0.717) is 18.0 Å². The third-order valence-corrected chi connectivity index (χ3v) is 4.33. The predicted octanol–water partition coefficient (Wildman–Crippen LogP) is 3.86. The van der Waals surface area contributed by atoms with E-state index in [1.807, 2.05) is 6.92 Å². The van der Waals surface area contributed by atoms with Gasteiger partial charge in [0.25, 0.3) is 11.1 Å². The Kier molecular flexibility index (Phi) is 4.71. The first-order valence-corrected chi connectivity index (χ1v) is 8.26. The van der Waals surface area contributed by atoms with E-state index in [1.165, 1.54) is 24.3 Å². The van der Waals surface area contributed by atoms with E-state index in [9.17, 15) is 14.0 Å². The van der Waals surface area contributed by atoms with Crippen LogP contribution >= 0.6 is 11.8 Å². The van der Waals surface area contributed by atoms with Crippen LogP contribution in [0, 0.1) is 5.82 Å². The van der Waals surface area contributed by atoms with Gasteiger partial charge in [0.1, 0.15) is 11.6 Å². The first-order valence-electron chi connectivity index (χ1n) is 7.38. The molecule has 0 radical (unpaired) electrons. The molecule has 1 aliphatic rings. The number of nitrogens with zero attached hydrogens (tertiary/aromatic N) is 1. The molecular weight excluding hydrogens is 331 g/mol. The Morgan fingerprint density at radius 2 is 1.79 bits per heavy atom. The van der Waals surface area contributed by atoms with E-state index in [4.69, 9.17) is 4.74 Å². The number of benzene rings is 2. The number of hydrogen-bond acceptors (Lipinski definition) is 5. The zero-order chi connectivity index (χ0) is 17.1. The van der Waals surface area contributed by atoms with Crippen LogP contribution in [0.3, 0.4) is 0 Å². The van der Waals surface area contributed by atoms with Crippen molar-refractivity contribution in [1.29, 1.82) is 0 Å². The largest absolute Gasteiger partial charge is 0.494 e. The van der Waals surface area contributed by atoms with Crippen molar-refractivity contribution in [1.82, 2.24) is 0 Å². The fourth-order valence-electron chi connectivity index (χ4n) is 2.29. The average molecular weight is 346 g/mol. The number of ether oxygens (including phenoxy) is 1. The van der Waals surface area contributed by atoms with Crippen LogP contribution in [0.5, 0.6) is 5.75 Å². The topological polar surface area (TPSA) is 58.6 Å². The fraction of sp³-hybridized carbons (Fsp3) is 0.176. The molecule has 2 aromatic carbocycles. The number of imide groups is 1. The highest BCUT2D eigenvalue weighted by atomic mass is 32.2. The molecule has 0 unspecified atom stereocenters. The molecular formula is C17H15FN2O3S. The molecule has 0 aromatic heterocycles. The second kappa shape index (κ2) is 6.92. The predicted molar refractivity (Wildman–Crippen MR) is 91.9 cm³/mol. The van der Waals surface area contributed by atoms with Crippen molar-refractivity contribution in [3.05, 3.63) is 54.3 Å². The smallest absolute Gasteiger partial charge is 0.295 e. The van der Waals surface area contributed by atoms with Gasteiger partial charge in [-0.1, -0.05) is 0 Å². The van der Waals surface area contributed by atoms with Gasteiger partial charge in [-0.05, 0) is 67.2 Å². The first-order chi connectivity index (χ1) is 11.6. The van der Waals surface area contributed by atoms with Gasteiger partial charge >= 0.3 is 0 Å². The molecule has 1 fully saturated rings. The van der Waals surface area contributed by atoms with Gasteiger partial charge in [-0.3, -0.25) is 9.59 Å². The summed E-state index contributed by atoms with van der Waals surface area (Å²) in [4.78, 5) is 25.7. The second-order valence-corrected chi connectivity index (χ2v) is 6.07. The summed E-state index contributed by atoms with van der Waals surface area (Å²) in [5, 5.41) is 1.91. The van der Waals surface area contributed by atoms with Crippen LogP contribution in [0.15, 0.2) is 48.5 Å². The Bertz CT molecular complexity index is 749. The monoisotopic (exact) mass is 346 g/mol. The quantitative estimate of drug-likeness (QED) is 0.891. The maximum absolute atomic E-state index is 13.0. The van der Waals surface area contributed by atoms with E-state index in [0.717, 1.165) is 22.4 Å². The molecule has 0 spiro atoms. The summed E-state index contributed by atoms with van der Waals surface area (Å²) in [6.07, 6.45) is 0. The van der Waals surface area contributed by atoms with Gasteiger partial charge in [0, 0.05) is 5.69 Å². The van der Waals surface area contributed by atoms with E-state index in [-0.39, 0.29) is 5.91 Å². The Balaban J connectivity index is 1.72. The van der Waals surface area contributed by atoms with Crippen molar-refractivity contribution < 1.29 is 18.7 Å². The highest BCUT2D eigenvalue weighted by Crippen LogP contribution is 2.32. The lowest BCUT2D eigenvalue weighted by Crippen LogP contribution is -2.34. The summed E-state index contributed by atoms with van der Waals surface area (Å²) in [6.45, 7) is 2.47. The molecule has 2 aromatic rings. The molecule has 1 aliphatic heterocycles. The van der Waals surface area contributed by atoms with Gasteiger partial charge in [-0.15, -0.1) is 0 Å². The molecule has 3 rings (SSSR count). The lowest BCUT2D eigenvalue weighted by molar-refractivity contribution is -0.116. The zero-order valence-electron chi connectivity index (χ0n) is 12.9. The molecule has 1 saturated heterocycles. The number of carbonyl (C=O) groups is 2. The Hall–Kier alpha value is -2.54. The summed E-state index contributed by atoms with van der Waals surface area (Å²) in [6, 6.07) is 12.4. The molecule has 0 saturated carbocycles. The molecule has 0 aliphatic carbocycles. The van der Waals surface area contributed by atoms with Gasteiger partial charge in [0.05, 0.1) is 12.3 Å². The van der Waals surface area contributed by atoms with Gasteiger partial charge < -0.3 is 10.1 Å². The van der Waals surface area contributed by atoms with Crippen LogP contribution in [0.1, 0.15) is 6.92 Å². The SMILES string of the molecule is CCOc1ccc(N[C@@H]2SC(=O)N(c3ccc(F)cc3)C2=O)cc1. The van der Waals surface area contributed by atoms with Gasteiger partial charge in [-0.25, -0.2) is 9.29 Å². The van der Waals surface area contributed by atoms with Crippen LogP contribution in [0.2, 0.25) is 0 Å². The number of anilines is 2. The number of carbonyl (C=O) groups excluding carboxylic acids is 2. The maximum atomic E-state index is 13.0. The van der Waals surface area contributed by atoms with Crippen LogP contribution < -0.4 is 15.0 Å². The average Bonchev–Trinajstić information content (AvgIpc) is 2.85. The molecule has 0 bridgehead atoms. The lowest BCUT2D eigenvalue weighted by Gasteiger charge is -2.15. The zero-order valence-corrected chi connectivity index (χ0v) is 13.7. The third kappa shape index (κ3) is 3.35. The minimum atomic E-state index is -0.722. The van der Waals surface area contributed by atoms with Crippen molar-refractivity contribution >= 4 is 34.3 Å². The van der Waals surface area contributed by atoms with E-state index in [2.05, 4.69) is 5.32 Å². The van der Waals surface area contributed by atoms with Crippen LogP contribution in [0.25, 0.3) is 0 Å². The standard InChI is InChI=1S/C17H15FN2O3S/c1-2-23-14-9-5-12(6-10-14)19-15-16(21)20(17(22)24-15)13-7-3-11(18)4-8-13/h3-10,15,19H,2H2,1H3/t15-/m1/s1. The minimum absolute atomic E-state index is 0.356. The number of hydrogen-bond donors (Lipinski definition) is 1. The summed E-state index contributed by atoms with van der Waals surface area (Å²) in [5.74, 6) is -0.0717. The lowest BCUT2D eigenvalue weighted by atomic mass is 10.2. The van der Waals surface area contributed by atoms with Crippen molar-refractivity contribution in [2.45, 2.75) is 12.3 Å². The fourth-order valence-corrected chi connectivity index (χ4v) is 3.19. The Morgan fingerprint density at radius 3 is 2.42 bits per heavy atom. The summed E-state index contributed by atoms with van der Waals surface area (Å²) in [5.41, 5.74) is 1.06. The number of thioether (sulfide) groups is 1. The molecule has 1 N–H and O–H groups in total. The summed E-state index contributed by atoms with van der Waals surface area (Å²) < 4.78 is 18.4. The normalized spacial score (nSPS) is 17.2. The van der Waals surface area contributed by atoms with Gasteiger partial charge in [-0.2, -0.15) is 0 Å². The number of halogens is 1. The minimum Gasteiger partial charge on any atom is -0.494 e. The highest BCUT2D eigenvalue weighted by Gasteiger charge is 2.40. The van der Waals surface area contributed by atoms with Crippen molar-refractivity contribution in [2.75, 3.05) is 16.8 Å². The molecule has 2 amide bonds. The Labute approximate surface area is 142 Å². The summed E-state index contributed by atoms with van der Waals surface area (Å²) in [7, 11) is 0. The molecule has 1 heterocycles. The number of amides is 2. The molecule has 24 heavy (non-hydrogen) atoms. The number of rotatable bonds is 5. The molecule has 7 heteroatoms.